The molecule has 0 saturated carbocycles. The number of carboxylic acid groups (broad SMARTS) is 1. The second kappa shape index (κ2) is 22.4. The van der Waals surface area contributed by atoms with Gasteiger partial charge in [0.15, 0.2) is 0 Å². The second-order valence-electron chi connectivity index (χ2n) is 11.3. The molecule has 2 atom stereocenters. The van der Waals surface area contributed by atoms with Crippen LogP contribution in [-0.4, -0.2) is 93.5 Å². The Balaban J connectivity index is 0.00000882. The average molecular weight is 597 g/mol. The molecule has 231 valence electrons. The molecule has 9 nitrogen and oxygen atoms in total. The summed E-state index contributed by atoms with van der Waals surface area (Å²) >= 11 is 0. The standard InChI is InChI=1S/C32H51N3O6.Na/c1-2-3-4-5-6-7-8-9-10-11-12-13-14-17-30(38)35-22-15-16-28(35)31(39)33-24-29(37)34-27(32(40)41)23-25-18-20-26(36)21-19-25;/h18-21,27-28,36H,2-17,22-24H2,1H3,(H,33,39)(H,34,37)(H,40,41);/t27-,28-;/m0./s1. The fourth-order valence-electron chi connectivity index (χ4n) is 5.37. The van der Waals surface area contributed by atoms with Crippen molar-refractivity contribution in [2.75, 3.05) is 13.1 Å². The van der Waals surface area contributed by atoms with Gasteiger partial charge >= 0.3 is 5.97 Å². The fourth-order valence-corrected chi connectivity index (χ4v) is 5.37. The Morgan fingerprint density at radius 3 is 1.98 bits per heavy atom. The van der Waals surface area contributed by atoms with Crippen LogP contribution in [-0.2, 0) is 25.6 Å². The Bertz CT molecular complexity index is 943. The van der Waals surface area contributed by atoms with Gasteiger partial charge in [-0.15, -0.1) is 0 Å². The number of aromatic hydroxyl groups is 1. The molecule has 1 aliphatic heterocycles. The molecule has 0 bridgehead atoms. The number of hydrogen-bond acceptors (Lipinski definition) is 5. The second-order valence-corrected chi connectivity index (χ2v) is 11.3. The Hall–Kier alpha value is -2.10. The van der Waals surface area contributed by atoms with E-state index in [1.807, 2.05) is 0 Å². The normalized spacial score (nSPS) is 15.1. The van der Waals surface area contributed by atoms with E-state index in [2.05, 4.69) is 17.6 Å². The van der Waals surface area contributed by atoms with E-state index < -0.39 is 24.0 Å². The SMILES string of the molecule is CCCCCCCCCCCCCCCC(=O)N1CCC[C@H]1C(=O)NCC(=O)N[C@@H](Cc1ccc(O)cc1)C(=O)O.[Na]. The number of nitrogens with one attached hydrogen (secondary N) is 2. The summed E-state index contributed by atoms with van der Waals surface area (Å²) in [4.78, 5) is 51.2. The molecule has 1 fully saturated rings. The number of carbonyl (C=O) groups excluding carboxylic acids is 3. The Morgan fingerprint density at radius 1 is 0.881 bits per heavy atom. The third kappa shape index (κ3) is 15.4. The first-order valence-electron chi connectivity index (χ1n) is 15.7. The quantitative estimate of drug-likeness (QED) is 0.120. The molecule has 1 aromatic carbocycles. The zero-order valence-electron chi connectivity index (χ0n) is 25.9. The van der Waals surface area contributed by atoms with Crippen LogP contribution in [0.2, 0.25) is 0 Å². The van der Waals surface area contributed by atoms with Gasteiger partial charge < -0.3 is 25.7 Å². The number of nitrogens with zero attached hydrogens (tertiary/aromatic N) is 1. The first-order chi connectivity index (χ1) is 19.8. The first kappa shape index (κ1) is 37.9. The molecule has 2 rings (SSSR count). The summed E-state index contributed by atoms with van der Waals surface area (Å²) in [6.45, 7) is 2.42. The van der Waals surface area contributed by atoms with Crippen LogP contribution in [0.3, 0.4) is 0 Å². The number of benzene rings is 1. The Morgan fingerprint density at radius 2 is 1.43 bits per heavy atom. The molecule has 42 heavy (non-hydrogen) atoms. The number of unbranched alkanes of at least 4 members (excludes halogenated alkanes) is 12. The van der Waals surface area contributed by atoms with Crippen molar-refractivity contribution in [3.63, 3.8) is 0 Å². The molecular formula is C32H51N3NaO6. The van der Waals surface area contributed by atoms with Gasteiger partial charge in [-0.1, -0.05) is 96.1 Å². The third-order valence-corrected chi connectivity index (χ3v) is 7.80. The van der Waals surface area contributed by atoms with Gasteiger partial charge in [-0.05, 0) is 37.0 Å². The van der Waals surface area contributed by atoms with Crippen LogP contribution in [0.4, 0.5) is 0 Å². The summed E-state index contributed by atoms with van der Waals surface area (Å²) in [6.07, 6.45) is 17.9. The number of hydrogen-bond donors (Lipinski definition) is 4. The van der Waals surface area contributed by atoms with Gasteiger partial charge in [0.1, 0.15) is 17.8 Å². The molecule has 1 aromatic rings. The van der Waals surface area contributed by atoms with Crippen molar-refractivity contribution in [2.45, 2.75) is 128 Å². The molecule has 0 aliphatic carbocycles. The van der Waals surface area contributed by atoms with Crippen molar-refractivity contribution in [3.05, 3.63) is 29.8 Å². The molecular weight excluding hydrogens is 545 g/mol. The maximum Gasteiger partial charge on any atom is 0.326 e. The smallest absolute Gasteiger partial charge is 0.326 e. The van der Waals surface area contributed by atoms with Crippen molar-refractivity contribution in [1.82, 2.24) is 15.5 Å². The monoisotopic (exact) mass is 596 g/mol. The third-order valence-electron chi connectivity index (χ3n) is 7.80. The van der Waals surface area contributed by atoms with E-state index in [4.69, 9.17) is 0 Å². The number of aliphatic carboxylic acids is 1. The van der Waals surface area contributed by atoms with E-state index in [9.17, 15) is 29.4 Å². The van der Waals surface area contributed by atoms with Crippen LogP contribution in [0.15, 0.2) is 24.3 Å². The first-order valence-corrected chi connectivity index (χ1v) is 15.7. The maximum atomic E-state index is 12.8. The Kier molecular flexibility index (Phi) is 20.3. The number of phenolic OH excluding ortho intramolecular Hbond substituents is 1. The predicted molar refractivity (Wildman–Crippen MR) is 165 cm³/mol. The van der Waals surface area contributed by atoms with Crippen molar-refractivity contribution in [1.29, 1.82) is 0 Å². The minimum absolute atomic E-state index is 0. The molecule has 1 saturated heterocycles. The molecule has 3 amide bonds. The van der Waals surface area contributed by atoms with Gasteiger partial charge in [-0.2, -0.15) is 0 Å². The summed E-state index contributed by atoms with van der Waals surface area (Å²) in [5, 5.41) is 23.9. The number of carbonyl (C=O) groups is 4. The number of rotatable bonds is 21. The van der Waals surface area contributed by atoms with E-state index in [0.29, 0.717) is 24.9 Å². The van der Waals surface area contributed by atoms with Crippen LogP contribution in [0.25, 0.3) is 0 Å². The topological polar surface area (TPSA) is 136 Å². The fraction of sp³-hybridized carbons (Fsp3) is 0.688. The minimum Gasteiger partial charge on any atom is -0.508 e. The molecule has 0 spiro atoms. The molecule has 1 radical (unpaired) electrons. The number of phenols is 1. The van der Waals surface area contributed by atoms with Crippen LogP contribution in [0.5, 0.6) is 5.75 Å². The number of likely N-dealkylation sites (tertiary alicyclic amines) is 1. The van der Waals surface area contributed by atoms with Gasteiger partial charge in [0.05, 0.1) is 6.54 Å². The zero-order valence-corrected chi connectivity index (χ0v) is 27.9. The maximum absolute atomic E-state index is 12.8. The number of amides is 3. The van der Waals surface area contributed by atoms with Crippen molar-refractivity contribution in [2.24, 2.45) is 0 Å². The Labute approximate surface area is 273 Å². The van der Waals surface area contributed by atoms with Crippen molar-refractivity contribution in [3.8, 4) is 5.75 Å². The van der Waals surface area contributed by atoms with Gasteiger partial charge in [0.2, 0.25) is 17.7 Å². The van der Waals surface area contributed by atoms with E-state index in [0.717, 1.165) is 25.7 Å². The number of carboxylic acids is 1. The largest absolute Gasteiger partial charge is 0.508 e. The molecule has 1 aliphatic rings. The molecule has 1 heterocycles. The summed E-state index contributed by atoms with van der Waals surface area (Å²) in [5.74, 6) is -2.15. The van der Waals surface area contributed by atoms with E-state index in [1.54, 1.807) is 17.0 Å². The van der Waals surface area contributed by atoms with Gasteiger partial charge in [-0.3, -0.25) is 14.4 Å². The van der Waals surface area contributed by atoms with Gasteiger partial charge in [0.25, 0.3) is 0 Å². The molecule has 0 unspecified atom stereocenters. The minimum atomic E-state index is -1.20. The summed E-state index contributed by atoms with van der Waals surface area (Å²) < 4.78 is 0. The van der Waals surface area contributed by atoms with Crippen molar-refractivity contribution >= 4 is 53.2 Å². The van der Waals surface area contributed by atoms with Crippen LogP contribution in [0, 0.1) is 0 Å². The zero-order chi connectivity index (χ0) is 29.9. The summed E-state index contributed by atoms with van der Waals surface area (Å²) in [5.41, 5.74) is 0.642. The van der Waals surface area contributed by atoms with Crippen molar-refractivity contribution < 1.29 is 29.4 Å². The van der Waals surface area contributed by atoms with Crippen LogP contribution < -0.4 is 10.6 Å². The molecule has 4 N–H and O–H groups in total. The van der Waals surface area contributed by atoms with Gasteiger partial charge in [0, 0.05) is 48.9 Å². The van der Waals surface area contributed by atoms with Crippen LogP contribution >= 0.6 is 0 Å². The predicted octanol–water partition coefficient (Wildman–Crippen LogP) is 4.71. The summed E-state index contributed by atoms with van der Waals surface area (Å²) in [6, 6.07) is 4.30. The molecule has 0 aromatic heterocycles. The average Bonchev–Trinajstić information content (AvgIpc) is 3.45. The van der Waals surface area contributed by atoms with Crippen LogP contribution in [0.1, 0.15) is 115 Å². The van der Waals surface area contributed by atoms with Gasteiger partial charge in [-0.25, -0.2) is 4.79 Å². The van der Waals surface area contributed by atoms with E-state index in [-0.39, 0.29) is 60.1 Å². The summed E-state index contributed by atoms with van der Waals surface area (Å²) in [7, 11) is 0. The van der Waals surface area contributed by atoms with E-state index >= 15 is 0 Å². The molecule has 10 heteroatoms. The van der Waals surface area contributed by atoms with E-state index in [1.165, 1.54) is 76.3 Å².